The van der Waals surface area contributed by atoms with Crippen LogP contribution in [0.4, 0.5) is 0 Å². The Bertz CT molecular complexity index is 409. The average molecular weight is 448 g/mol. The Labute approximate surface area is 153 Å². The van der Waals surface area contributed by atoms with Crippen LogP contribution >= 0.6 is 24.0 Å². The maximum absolute atomic E-state index is 12.1. The van der Waals surface area contributed by atoms with Crippen molar-refractivity contribution in [2.45, 2.75) is 47.6 Å². The summed E-state index contributed by atoms with van der Waals surface area (Å²) in [4.78, 5) is 4.36. The molecule has 0 aromatic heterocycles. The molecule has 0 heterocycles. The number of hydrogen-bond donors (Lipinski definition) is 2. The lowest BCUT2D eigenvalue weighted by atomic mass is 10.1. The summed E-state index contributed by atoms with van der Waals surface area (Å²) in [5, 5.41) is 6.43. The Morgan fingerprint density at radius 3 is 2.09 bits per heavy atom. The third-order valence-electron chi connectivity index (χ3n) is 3.43. The lowest BCUT2D eigenvalue weighted by molar-refractivity contribution is 0.445. The van der Waals surface area contributed by atoms with Gasteiger partial charge in [-0.1, -0.05) is 27.7 Å². The van der Waals surface area contributed by atoms with Crippen molar-refractivity contribution in [1.29, 1.82) is 0 Å². The van der Waals surface area contributed by atoms with E-state index in [9.17, 15) is 8.42 Å². The van der Waals surface area contributed by atoms with Crippen molar-refractivity contribution in [2.75, 3.05) is 31.9 Å². The molecule has 8 heteroatoms. The maximum atomic E-state index is 12.1. The van der Waals surface area contributed by atoms with E-state index in [2.05, 4.69) is 36.4 Å². The zero-order chi connectivity index (χ0) is 16.5. The van der Waals surface area contributed by atoms with Gasteiger partial charge >= 0.3 is 0 Å². The molecule has 0 bridgehead atoms. The summed E-state index contributed by atoms with van der Waals surface area (Å²) in [6, 6.07) is 0.280. The van der Waals surface area contributed by atoms with Gasteiger partial charge in [0.15, 0.2) is 5.96 Å². The molecule has 1 unspecified atom stereocenters. The molecule has 0 aliphatic carbocycles. The van der Waals surface area contributed by atoms with Crippen molar-refractivity contribution in [1.82, 2.24) is 14.9 Å². The van der Waals surface area contributed by atoms with Crippen LogP contribution in [0, 0.1) is 5.92 Å². The molecule has 1 atom stereocenters. The summed E-state index contributed by atoms with van der Waals surface area (Å²) in [7, 11) is -3.21. The summed E-state index contributed by atoms with van der Waals surface area (Å²) in [6.07, 6.45) is 0. The third-order valence-corrected chi connectivity index (χ3v) is 5.43. The molecule has 6 nitrogen and oxygen atoms in total. The molecule has 0 aliphatic heterocycles. The van der Waals surface area contributed by atoms with Gasteiger partial charge in [-0.25, -0.2) is 12.7 Å². The van der Waals surface area contributed by atoms with Crippen LogP contribution in [-0.2, 0) is 10.0 Å². The standard InChI is InChI=1S/C14H32N4O2S.HI/c1-7-15-14(17-13(6)12(4)5)16-10-11-21(19,20)18(8-2)9-3;/h12-13H,7-11H2,1-6H3,(H2,15,16,17);1H. The van der Waals surface area contributed by atoms with Crippen LogP contribution < -0.4 is 10.6 Å². The first-order valence-corrected chi connectivity index (χ1v) is 9.41. The molecule has 0 saturated heterocycles. The number of guanidine groups is 1. The minimum Gasteiger partial charge on any atom is -0.357 e. The number of halogens is 1. The smallest absolute Gasteiger partial charge is 0.215 e. The van der Waals surface area contributed by atoms with Crippen LogP contribution in [0.1, 0.15) is 41.5 Å². The van der Waals surface area contributed by atoms with Gasteiger partial charge in [0.05, 0.1) is 12.3 Å². The predicted octanol–water partition coefficient (Wildman–Crippen LogP) is 1.88. The summed E-state index contributed by atoms with van der Waals surface area (Å²) >= 11 is 0. The minimum atomic E-state index is -3.21. The van der Waals surface area contributed by atoms with Crippen LogP contribution in [-0.4, -0.2) is 56.7 Å². The van der Waals surface area contributed by atoms with Crippen molar-refractivity contribution >= 4 is 40.0 Å². The Balaban J connectivity index is 0. The minimum absolute atomic E-state index is 0. The van der Waals surface area contributed by atoms with Crippen molar-refractivity contribution in [3.8, 4) is 0 Å². The van der Waals surface area contributed by atoms with E-state index in [1.807, 2.05) is 20.8 Å². The van der Waals surface area contributed by atoms with Crippen molar-refractivity contribution in [3.63, 3.8) is 0 Å². The first kappa shape index (κ1) is 24.2. The summed E-state index contributed by atoms with van der Waals surface area (Å²) < 4.78 is 25.6. The molecule has 134 valence electrons. The molecule has 2 N–H and O–H groups in total. The molecule has 0 radical (unpaired) electrons. The summed E-state index contributed by atoms with van der Waals surface area (Å²) in [5.74, 6) is 1.20. The van der Waals surface area contributed by atoms with Crippen LogP contribution in [0.5, 0.6) is 0 Å². The normalized spacial score (nSPS) is 13.9. The van der Waals surface area contributed by atoms with Gasteiger partial charge in [-0.2, -0.15) is 0 Å². The number of sulfonamides is 1. The second-order valence-electron chi connectivity index (χ2n) is 5.34. The van der Waals surface area contributed by atoms with Crippen LogP contribution in [0.15, 0.2) is 4.99 Å². The predicted molar refractivity (Wildman–Crippen MR) is 106 cm³/mol. The second-order valence-corrected chi connectivity index (χ2v) is 7.43. The topological polar surface area (TPSA) is 73.8 Å². The molecule has 0 rings (SSSR count). The summed E-state index contributed by atoms with van der Waals surface area (Å²) in [6.45, 7) is 14.1. The molecular weight excluding hydrogens is 415 g/mol. The zero-order valence-electron chi connectivity index (χ0n) is 14.7. The number of aliphatic imine (C=N–C) groups is 1. The summed E-state index contributed by atoms with van der Waals surface area (Å²) in [5.41, 5.74) is 0. The van der Waals surface area contributed by atoms with E-state index in [4.69, 9.17) is 0 Å². The SMILES string of the molecule is CCNC(=NCCS(=O)(=O)N(CC)CC)NC(C)C(C)C.I. The highest BCUT2D eigenvalue weighted by atomic mass is 127. The van der Waals surface area contributed by atoms with Crippen LogP contribution in [0.25, 0.3) is 0 Å². The quantitative estimate of drug-likeness (QED) is 0.321. The average Bonchev–Trinajstić information content (AvgIpc) is 2.39. The molecule has 0 aromatic rings. The molecule has 22 heavy (non-hydrogen) atoms. The first-order valence-electron chi connectivity index (χ1n) is 7.81. The number of nitrogens with zero attached hydrogens (tertiary/aromatic N) is 2. The Morgan fingerprint density at radius 1 is 1.14 bits per heavy atom. The van der Waals surface area contributed by atoms with Crippen LogP contribution in [0.2, 0.25) is 0 Å². The lowest BCUT2D eigenvalue weighted by Crippen LogP contribution is -2.44. The Morgan fingerprint density at radius 2 is 1.68 bits per heavy atom. The fraction of sp³-hybridized carbons (Fsp3) is 0.929. The molecule has 0 aromatic carbocycles. The van der Waals surface area contributed by atoms with Crippen molar-refractivity contribution < 1.29 is 8.42 Å². The number of rotatable bonds is 9. The van der Waals surface area contributed by atoms with E-state index in [-0.39, 0.29) is 42.3 Å². The third kappa shape index (κ3) is 9.14. The number of nitrogens with one attached hydrogen (secondary N) is 2. The van der Waals surface area contributed by atoms with E-state index in [0.29, 0.717) is 25.0 Å². The Hall–Kier alpha value is -0.0900. The van der Waals surface area contributed by atoms with Crippen LogP contribution in [0.3, 0.4) is 0 Å². The van der Waals surface area contributed by atoms with Gasteiger partial charge in [0.2, 0.25) is 10.0 Å². The molecule has 0 fully saturated rings. The van der Waals surface area contributed by atoms with Gasteiger partial charge in [0, 0.05) is 25.7 Å². The van der Waals surface area contributed by atoms with Gasteiger partial charge in [0.25, 0.3) is 0 Å². The first-order chi connectivity index (χ1) is 9.78. The maximum Gasteiger partial charge on any atom is 0.215 e. The highest BCUT2D eigenvalue weighted by Gasteiger charge is 2.18. The Kier molecular flexibility index (Phi) is 13.6. The van der Waals surface area contributed by atoms with E-state index in [1.165, 1.54) is 4.31 Å². The molecule has 0 amide bonds. The second kappa shape index (κ2) is 12.3. The highest BCUT2D eigenvalue weighted by molar-refractivity contribution is 14.0. The van der Waals surface area contributed by atoms with Gasteiger partial charge in [-0.05, 0) is 19.8 Å². The fourth-order valence-electron chi connectivity index (χ4n) is 1.72. The fourth-order valence-corrected chi connectivity index (χ4v) is 3.09. The van der Waals surface area contributed by atoms with E-state index in [1.54, 1.807) is 0 Å². The van der Waals surface area contributed by atoms with Gasteiger partial charge in [0.1, 0.15) is 0 Å². The van der Waals surface area contributed by atoms with E-state index in [0.717, 1.165) is 6.54 Å². The molecular formula is C14H33IN4O2S. The molecule has 0 aliphatic rings. The van der Waals surface area contributed by atoms with Crippen molar-refractivity contribution in [3.05, 3.63) is 0 Å². The van der Waals surface area contributed by atoms with Gasteiger partial charge in [-0.15, -0.1) is 24.0 Å². The lowest BCUT2D eigenvalue weighted by Gasteiger charge is -2.21. The van der Waals surface area contributed by atoms with Crippen molar-refractivity contribution in [2.24, 2.45) is 10.9 Å². The monoisotopic (exact) mass is 448 g/mol. The van der Waals surface area contributed by atoms with Gasteiger partial charge < -0.3 is 10.6 Å². The number of hydrogen-bond acceptors (Lipinski definition) is 3. The molecule has 0 saturated carbocycles. The van der Waals surface area contributed by atoms with E-state index >= 15 is 0 Å². The largest absolute Gasteiger partial charge is 0.357 e. The molecule has 0 spiro atoms. The zero-order valence-corrected chi connectivity index (χ0v) is 17.9. The van der Waals surface area contributed by atoms with Gasteiger partial charge in [-0.3, -0.25) is 4.99 Å². The van der Waals surface area contributed by atoms with E-state index < -0.39 is 10.0 Å². The highest BCUT2D eigenvalue weighted by Crippen LogP contribution is 2.01.